The van der Waals surface area contributed by atoms with Crippen molar-refractivity contribution in [1.29, 1.82) is 0 Å². The summed E-state index contributed by atoms with van der Waals surface area (Å²) in [6.07, 6.45) is 2.90. The van der Waals surface area contributed by atoms with Crippen molar-refractivity contribution in [3.05, 3.63) is 35.4 Å². The highest BCUT2D eigenvalue weighted by Gasteiger charge is 2.04. The van der Waals surface area contributed by atoms with Gasteiger partial charge in [0.15, 0.2) is 0 Å². The lowest BCUT2D eigenvalue weighted by molar-refractivity contribution is 0.475. The molecule has 2 heteroatoms. The molecule has 0 radical (unpaired) electrons. The molecule has 0 amide bonds. The summed E-state index contributed by atoms with van der Waals surface area (Å²) in [6.45, 7) is 8.66. The first-order chi connectivity index (χ1) is 7.69. The molecule has 0 bridgehead atoms. The summed E-state index contributed by atoms with van der Waals surface area (Å²) in [5, 5.41) is 9.39. The van der Waals surface area contributed by atoms with Gasteiger partial charge in [-0.05, 0) is 55.6 Å². The SMILES string of the molecule is C/C=C(/CCN)c1cc(O)ccc1C.CC.[HH]. The molecule has 0 saturated carbocycles. The molecule has 0 atom stereocenters. The average Bonchev–Trinajstić information content (AvgIpc) is 2.32. The van der Waals surface area contributed by atoms with Crippen LogP contribution in [0.4, 0.5) is 0 Å². The van der Waals surface area contributed by atoms with Crippen LogP contribution in [0.1, 0.15) is 39.7 Å². The van der Waals surface area contributed by atoms with E-state index in [1.807, 2.05) is 33.8 Å². The van der Waals surface area contributed by atoms with Gasteiger partial charge in [0, 0.05) is 1.43 Å². The molecule has 0 fully saturated rings. The number of allylic oxidation sites excluding steroid dienone is 1. The maximum Gasteiger partial charge on any atom is 0.116 e. The molecule has 2 nitrogen and oxygen atoms in total. The van der Waals surface area contributed by atoms with E-state index in [1.165, 1.54) is 11.1 Å². The fourth-order valence-electron chi connectivity index (χ4n) is 1.55. The molecule has 0 aliphatic rings. The van der Waals surface area contributed by atoms with Crippen molar-refractivity contribution in [2.24, 2.45) is 5.73 Å². The summed E-state index contributed by atoms with van der Waals surface area (Å²) in [7, 11) is 0. The van der Waals surface area contributed by atoms with Gasteiger partial charge in [0.1, 0.15) is 5.75 Å². The van der Waals surface area contributed by atoms with Gasteiger partial charge in [-0.25, -0.2) is 0 Å². The zero-order valence-electron chi connectivity index (χ0n) is 10.7. The maximum atomic E-state index is 9.39. The molecule has 0 aromatic heterocycles. The molecule has 0 aliphatic carbocycles. The summed E-state index contributed by atoms with van der Waals surface area (Å²) in [6, 6.07) is 5.42. The third kappa shape index (κ3) is 4.07. The molecule has 0 heterocycles. The quantitative estimate of drug-likeness (QED) is 0.820. The third-order valence-corrected chi connectivity index (χ3v) is 2.33. The summed E-state index contributed by atoms with van der Waals surface area (Å²) in [4.78, 5) is 0. The molecule has 16 heavy (non-hydrogen) atoms. The summed E-state index contributed by atoms with van der Waals surface area (Å²) in [5.74, 6) is 0.307. The number of rotatable bonds is 3. The second kappa shape index (κ2) is 7.94. The number of nitrogens with two attached hydrogens (primary N) is 1. The fourth-order valence-corrected chi connectivity index (χ4v) is 1.55. The molecule has 1 aromatic carbocycles. The van der Waals surface area contributed by atoms with E-state index in [2.05, 4.69) is 6.08 Å². The Kier molecular flexibility index (Phi) is 7.31. The Balaban J connectivity index is 0. The first kappa shape index (κ1) is 14.7. The average molecular weight is 223 g/mol. The standard InChI is InChI=1S/C12H17NO.C2H6.H2/c1-3-10(6-7-13)12-8-11(14)5-4-9(12)2;1-2;/h3-5,8,14H,6-7,13H2,1-2H3;1-2H3;1H/b10-3-;;. The number of hydrogen-bond acceptors (Lipinski definition) is 2. The van der Waals surface area contributed by atoms with Crippen molar-refractivity contribution < 1.29 is 6.53 Å². The normalized spacial score (nSPS) is 10.7. The number of benzene rings is 1. The topological polar surface area (TPSA) is 46.2 Å². The van der Waals surface area contributed by atoms with Gasteiger partial charge in [-0.3, -0.25) is 0 Å². The number of phenols is 1. The van der Waals surface area contributed by atoms with Crippen molar-refractivity contribution in [3.8, 4) is 5.75 Å². The predicted molar refractivity (Wildman–Crippen MR) is 73.6 cm³/mol. The van der Waals surface area contributed by atoms with E-state index in [1.54, 1.807) is 12.1 Å². The Morgan fingerprint density at radius 3 is 2.56 bits per heavy atom. The van der Waals surface area contributed by atoms with Gasteiger partial charge >= 0.3 is 0 Å². The van der Waals surface area contributed by atoms with Crippen molar-refractivity contribution >= 4 is 5.57 Å². The Labute approximate surface area is 100 Å². The van der Waals surface area contributed by atoms with Crippen LogP contribution in [-0.2, 0) is 0 Å². The van der Waals surface area contributed by atoms with Crippen LogP contribution in [0.25, 0.3) is 5.57 Å². The van der Waals surface area contributed by atoms with E-state index < -0.39 is 0 Å². The van der Waals surface area contributed by atoms with E-state index >= 15 is 0 Å². The van der Waals surface area contributed by atoms with Crippen LogP contribution in [0.2, 0.25) is 0 Å². The molecule has 92 valence electrons. The number of phenolic OH excluding ortho intramolecular Hbond substituents is 1. The molecule has 1 rings (SSSR count). The highest BCUT2D eigenvalue weighted by atomic mass is 16.3. The monoisotopic (exact) mass is 223 g/mol. The van der Waals surface area contributed by atoms with Crippen molar-refractivity contribution in [2.75, 3.05) is 6.54 Å². The minimum absolute atomic E-state index is 0. The number of aromatic hydroxyl groups is 1. The Morgan fingerprint density at radius 1 is 1.44 bits per heavy atom. The molecule has 0 unspecified atom stereocenters. The van der Waals surface area contributed by atoms with E-state index in [0.717, 1.165) is 12.0 Å². The predicted octanol–water partition coefficient (Wildman–Crippen LogP) is 3.72. The van der Waals surface area contributed by atoms with Crippen LogP contribution in [0.3, 0.4) is 0 Å². The third-order valence-electron chi connectivity index (χ3n) is 2.33. The minimum atomic E-state index is 0. The molecule has 1 aromatic rings. The Morgan fingerprint density at radius 2 is 2.06 bits per heavy atom. The van der Waals surface area contributed by atoms with Crippen LogP contribution in [-0.4, -0.2) is 11.7 Å². The Bertz CT molecular complexity index is 348. The molecule has 0 saturated heterocycles. The van der Waals surface area contributed by atoms with Crippen LogP contribution in [0.5, 0.6) is 5.75 Å². The highest BCUT2D eigenvalue weighted by Crippen LogP contribution is 2.25. The van der Waals surface area contributed by atoms with Gasteiger partial charge in [-0.2, -0.15) is 0 Å². The van der Waals surface area contributed by atoms with Crippen LogP contribution in [0, 0.1) is 6.92 Å². The molecular formula is C14H25NO. The molecule has 0 aliphatic heterocycles. The summed E-state index contributed by atoms with van der Waals surface area (Å²) in [5.41, 5.74) is 8.99. The van der Waals surface area contributed by atoms with E-state index in [0.29, 0.717) is 12.3 Å². The lowest BCUT2D eigenvalue weighted by Crippen LogP contribution is -2.00. The van der Waals surface area contributed by atoms with Gasteiger partial charge < -0.3 is 10.8 Å². The van der Waals surface area contributed by atoms with Crippen molar-refractivity contribution in [3.63, 3.8) is 0 Å². The smallest absolute Gasteiger partial charge is 0.116 e. The fraction of sp³-hybridized carbons (Fsp3) is 0.429. The minimum Gasteiger partial charge on any atom is -0.508 e. The van der Waals surface area contributed by atoms with Gasteiger partial charge in [0.25, 0.3) is 0 Å². The molecule has 0 spiro atoms. The summed E-state index contributed by atoms with van der Waals surface area (Å²) >= 11 is 0. The summed E-state index contributed by atoms with van der Waals surface area (Å²) < 4.78 is 0. The lowest BCUT2D eigenvalue weighted by Gasteiger charge is -2.09. The largest absolute Gasteiger partial charge is 0.508 e. The number of hydrogen-bond donors (Lipinski definition) is 2. The maximum absolute atomic E-state index is 9.39. The highest BCUT2D eigenvalue weighted by molar-refractivity contribution is 5.69. The second-order valence-corrected chi connectivity index (χ2v) is 3.35. The lowest BCUT2D eigenvalue weighted by atomic mass is 9.98. The first-order valence-electron chi connectivity index (χ1n) is 5.84. The second-order valence-electron chi connectivity index (χ2n) is 3.35. The van der Waals surface area contributed by atoms with Crippen LogP contribution < -0.4 is 5.73 Å². The Hall–Kier alpha value is -1.28. The van der Waals surface area contributed by atoms with E-state index in [4.69, 9.17) is 5.73 Å². The van der Waals surface area contributed by atoms with E-state index in [-0.39, 0.29) is 1.43 Å². The van der Waals surface area contributed by atoms with Crippen molar-refractivity contribution in [2.45, 2.75) is 34.1 Å². The zero-order chi connectivity index (χ0) is 12.6. The molecule has 3 N–H and O–H groups in total. The van der Waals surface area contributed by atoms with Gasteiger partial charge in [-0.15, -0.1) is 0 Å². The van der Waals surface area contributed by atoms with Crippen LogP contribution >= 0.6 is 0 Å². The zero-order valence-corrected chi connectivity index (χ0v) is 10.7. The number of aryl methyl sites for hydroxylation is 1. The van der Waals surface area contributed by atoms with Gasteiger partial charge in [-0.1, -0.05) is 26.0 Å². The van der Waals surface area contributed by atoms with E-state index in [9.17, 15) is 5.11 Å². The molecular weight excluding hydrogens is 198 g/mol. The van der Waals surface area contributed by atoms with Crippen LogP contribution in [0.15, 0.2) is 24.3 Å². The van der Waals surface area contributed by atoms with Gasteiger partial charge in [0.2, 0.25) is 0 Å². The van der Waals surface area contributed by atoms with Gasteiger partial charge in [0.05, 0.1) is 0 Å². The first-order valence-corrected chi connectivity index (χ1v) is 5.84. The van der Waals surface area contributed by atoms with Crippen molar-refractivity contribution in [1.82, 2.24) is 0 Å².